The molecule has 0 aromatic heterocycles. The van der Waals surface area contributed by atoms with Gasteiger partial charge in [0.2, 0.25) is 0 Å². The Morgan fingerprint density at radius 3 is 2.50 bits per heavy atom. The number of hydrogen-bond acceptors (Lipinski definition) is 4. The summed E-state index contributed by atoms with van der Waals surface area (Å²) >= 11 is 0. The van der Waals surface area contributed by atoms with E-state index in [0.717, 1.165) is 39.0 Å². The third kappa shape index (κ3) is 4.50. The molecule has 0 saturated carbocycles. The Balaban J connectivity index is 2.15. The number of ether oxygens (including phenoxy) is 2. The fraction of sp³-hybridized carbons (Fsp3) is 0.833. The van der Waals surface area contributed by atoms with Gasteiger partial charge in [-0.15, -0.1) is 6.42 Å². The molecule has 0 atom stereocenters. The molecule has 0 spiro atoms. The lowest BCUT2D eigenvalue weighted by atomic mass is 10.1. The van der Waals surface area contributed by atoms with Crippen molar-refractivity contribution in [1.82, 2.24) is 10.2 Å². The summed E-state index contributed by atoms with van der Waals surface area (Å²) in [5.41, 5.74) is 0. The van der Waals surface area contributed by atoms with Gasteiger partial charge in [-0.1, -0.05) is 5.92 Å². The number of methoxy groups -OCH3 is 2. The molecule has 1 aliphatic heterocycles. The molecule has 1 aliphatic rings. The molecule has 16 heavy (non-hydrogen) atoms. The molecule has 0 aromatic carbocycles. The Morgan fingerprint density at radius 1 is 1.38 bits per heavy atom. The average Bonchev–Trinajstić information content (AvgIpc) is 2.33. The second kappa shape index (κ2) is 7.64. The predicted molar refractivity (Wildman–Crippen MR) is 64.1 cm³/mol. The van der Waals surface area contributed by atoms with Crippen molar-refractivity contribution in [1.29, 1.82) is 0 Å². The molecule has 1 fully saturated rings. The summed E-state index contributed by atoms with van der Waals surface area (Å²) < 4.78 is 10.3. The second-order valence-electron chi connectivity index (χ2n) is 4.06. The highest BCUT2D eigenvalue weighted by molar-refractivity contribution is 4.90. The van der Waals surface area contributed by atoms with Crippen molar-refractivity contribution in [3.05, 3.63) is 0 Å². The van der Waals surface area contributed by atoms with E-state index in [1.165, 1.54) is 0 Å². The molecule has 0 unspecified atom stereocenters. The molecule has 4 heteroatoms. The van der Waals surface area contributed by atoms with Crippen molar-refractivity contribution >= 4 is 0 Å². The summed E-state index contributed by atoms with van der Waals surface area (Å²) in [6.07, 6.45) is 7.42. The van der Waals surface area contributed by atoms with E-state index in [-0.39, 0.29) is 6.29 Å². The highest BCUT2D eigenvalue weighted by Gasteiger charge is 2.18. The van der Waals surface area contributed by atoms with Gasteiger partial charge in [0.1, 0.15) is 0 Å². The highest BCUT2D eigenvalue weighted by Crippen LogP contribution is 2.09. The van der Waals surface area contributed by atoms with Crippen LogP contribution in [0.3, 0.4) is 0 Å². The molecule has 4 nitrogen and oxygen atoms in total. The first-order chi connectivity index (χ1) is 7.80. The quantitative estimate of drug-likeness (QED) is 0.521. The lowest BCUT2D eigenvalue weighted by Gasteiger charge is -2.31. The minimum atomic E-state index is -0.149. The number of nitrogens with zero attached hydrogens (tertiary/aromatic N) is 1. The molecule has 1 saturated heterocycles. The van der Waals surface area contributed by atoms with Gasteiger partial charge in [-0.05, 0) is 12.8 Å². The van der Waals surface area contributed by atoms with E-state index in [1.807, 2.05) is 0 Å². The zero-order chi connectivity index (χ0) is 11.8. The topological polar surface area (TPSA) is 33.7 Å². The van der Waals surface area contributed by atoms with Crippen LogP contribution in [-0.2, 0) is 9.47 Å². The van der Waals surface area contributed by atoms with E-state index >= 15 is 0 Å². The minimum absolute atomic E-state index is 0.149. The molecule has 0 radical (unpaired) electrons. The Morgan fingerprint density at radius 2 is 2.00 bits per heavy atom. The molecule has 1 N–H and O–H groups in total. The Labute approximate surface area is 98.3 Å². The summed E-state index contributed by atoms with van der Waals surface area (Å²) in [6.45, 7) is 3.66. The number of nitrogens with one attached hydrogen (secondary N) is 1. The van der Waals surface area contributed by atoms with E-state index in [0.29, 0.717) is 6.04 Å². The van der Waals surface area contributed by atoms with Crippen molar-refractivity contribution in [3.8, 4) is 12.3 Å². The third-order valence-corrected chi connectivity index (χ3v) is 3.00. The van der Waals surface area contributed by atoms with Crippen LogP contribution in [0.5, 0.6) is 0 Å². The summed E-state index contributed by atoms with van der Waals surface area (Å²) in [7, 11) is 3.32. The van der Waals surface area contributed by atoms with E-state index < -0.39 is 0 Å². The second-order valence-corrected chi connectivity index (χ2v) is 4.06. The van der Waals surface area contributed by atoms with Crippen LogP contribution in [0.15, 0.2) is 0 Å². The van der Waals surface area contributed by atoms with Gasteiger partial charge in [0, 0.05) is 39.9 Å². The number of terminal acetylenes is 1. The Bertz CT molecular complexity index is 216. The maximum atomic E-state index is 5.29. The predicted octanol–water partition coefficient (Wildman–Crippen LogP) is 0.293. The van der Waals surface area contributed by atoms with Crippen LogP contribution in [0.25, 0.3) is 0 Å². The molecular formula is C12H22N2O2. The number of piperidine rings is 1. The monoisotopic (exact) mass is 226 g/mol. The van der Waals surface area contributed by atoms with Crippen molar-refractivity contribution < 1.29 is 9.47 Å². The van der Waals surface area contributed by atoms with Gasteiger partial charge in [-0.2, -0.15) is 0 Å². The number of rotatable bonds is 6. The minimum Gasteiger partial charge on any atom is -0.355 e. The van der Waals surface area contributed by atoms with Gasteiger partial charge < -0.3 is 14.8 Å². The fourth-order valence-electron chi connectivity index (χ4n) is 1.95. The smallest absolute Gasteiger partial charge is 0.169 e. The maximum absolute atomic E-state index is 5.29. The molecule has 92 valence electrons. The number of likely N-dealkylation sites (tertiary alicyclic amines) is 1. The molecule has 1 rings (SSSR count). The van der Waals surface area contributed by atoms with Crippen molar-refractivity contribution in [2.24, 2.45) is 0 Å². The van der Waals surface area contributed by atoms with Crippen LogP contribution in [0.4, 0.5) is 0 Å². The fourth-order valence-corrected chi connectivity index (χ4v) is 1.95. The molecule has 0 amide bonds. The molecule has 1 heterocycles. The first-order valence-corrected chi connectivity index (χ1v) is 5.75. The molecular weight excluding hydrogens is 204 g/mol. The van der Waals surface area contributed by atoms with Crippen molar-refractivity contribution in [3.63, 3.8) is 0 Å². The summed E-state index contributed by atoms with van der Waals surface area (Å²) in [4.78, 5) is 2.31. The van der Waals surface area contributed by atoms with Crippen LogP contribution < -0.4 is 5.32 Å². The number of hydrogen-bond donors (Lipinski definition) is 1. The van der Waals surface area contributed by atoms with E-state index in [4.69, 9.17) is 15.9 Å². The highest BCUT2D eigenvalue weighted by atomic mass is 16.7. The van der Waals surface area contributed by atoms with Gasteiger partial charge in [0.25, 0.3) is 0 Å². The van der Waals surface area contributed by atoms with Gasteiger partial charge in [0.15, 0.2) is 6.29 Å². The molecule has 0 aromatic rings. The first-order valence-electron chi connectivity index (χ1n) is 5.75. The van der Waals surface area contributed by atoms with E-state index in [9.17, 15) is 0 Å². The zero-order valence-electron chi connectivity index (χ0n) is 10.2. The Kier molecular flexibility index (Phi) is 6.43. The molecule has 0 bridgehead atoms. The van der Waals surface area contributed by atoms with Gasteiger partial charge in [-0.25, -0.2) is 0 Å². The van der Waals surface area contributed by atoms with Crippen LogP contribution in [0, 0.1) is 12.3 Å². The van der Waals surface area contributed by atoms with E-state index in [2.05, 4.69) is 16.1 Å². The first kappa shape index (κ1) is 13.5. The third-order valence-electron chi connectivity index (χ3n) is 3.00. The maximum Gasteiger partial charge on any atom is 0.169 e. The van der Waals surface area contributed by atoms with Crippen LogP contribution in [0.1, 0.15) is 12.8 Å². The largest absolute Gasteiger partial charge is 0.355 e. The molecule has 0 aliphatic carbocycles. The van der Waals surface area contributed by atoms with Gasteiger partial charge >= 0.3 is 0 Å². The summed E-state index contributed by atoms with van der Waals surface area (Å²) in [5.74, 6) is 2.69. The normalized spacial score (nSPS) is 18.9. The van der Waals surface area contributed by atoms with Gasteiger partial charge in [-0.3, -0.25) is 4.90 Å². The summed E-state index contributed by atoms with van der Waals surface area (Å²) in [5, 5.41) is 3.46. The lowest BCUT2D eigenvalue weighted by Crippen LogP contribution is -2.45. The van der Waals surface area contributed by atoms with E-state index in [1.54, 1.807) is 14.2 Å². The van der Waals surface area contributed by atoms with Gasteiger partial charge in [0.05, 0.1) is 6.54 Å². The van der Waals surface area contributed by atoms with Crippen LogP contribution in [-0.4, -0.2) is 57.6 Å². The summed E-state index contributed by atoms with van der Waals surface area (Å²) in [6, 6.07) is 0.557. The standard InChI is InChI=1S/C12H22N2O2/c1-4-7-14-8-5-11(6-9-14)13-10-12(15-2)16-3/h1,11-13H,5-10H2,2-3H3. The Hall–Kier alpha value is -0.600. The average molecular weight is 226 g/mol. The van der Waals surface area contributed by atoms with Crippen LogP contribution >= 0.6 is 0 Å². The SMILES string of the molecule is C#CCN1CCC(NCC(OC)OC)CC1. The lowest BCUT2D eigenvalue weighted by molar-refractivity contribution is -0.100. The van der Waals surface area contributed by atoms with Crippen molar-refractivity contribution in [2.75, 3.05) is 40.4 Å². The van der Waals surface area contributed by atoms with Crippen molar-refractivity contribution in [2.45, 2.75) is 25.2 Å². The zero-order valence-corrected chi connectivity index (χ0v) is 10.2. The van der Waals surface area contributed by atoms with Crippen LogP contribution in [0.2, 0.25) is 0 Å².